The predicted molar refractivity (Wildman–Crippen MR) is 123 cm³/mol. The molecule has 7 heteroatoms. The van der Waals surface area contributed by atoms with Gasteiger partial charge in [0.2, 0.25) is 0 Å². The Morgan fingerprint density at radius 3 is 2.24 bits per heavy atom. The molecular formula is C26H17NO6. The molecule has 7 nitrogen and oxygen atoms in total. The van der Waals surface area contributed by atoms with Gasteiger partial charge in [-0.3, -0.25) is 4.79 Å². The van der Waals surface area contributed by atoms with Crippen LogP contribution in [-0.2, 0) is 0 Å². The van der Waals surface area contributed by atoms with Crippen molar-refractivity contribution in [3.63, 3.8) is 0 Å². The number of hydrogen-bond donors (Lipinski definition) is 1. The Hall–Kier alpha value is -4.65. The third-order valence-electron chi connectivity index (χ3n) is 5.22. The number of carbonyl (C=O) groups excluding carboxylic acids is 2. The topological polar surface area (TPSA) is 98.8 Å². The maximum atomic E-state index is 12.8. The summed E-state index contributed by atoms with van der Waals surface area (Å²) in [4.78, 5) is 37.5. The molecule has 0 spiro atoms. The van der Waals surface area contributed by atoms with E-state index in [4.69, 9.17) is 13.6 Å². The van der Waals surface area contributed by atoms with Crippen molar-refractivity contribution in [3.05, 3.63) is 106 Å². The number of ether oxygens (including phenoxy) is 1. The Morgan fingerprint density at radius 2 is 1.55 bits per heavy atom. The first-order valence-electron chi connectivity index (χ1n) is 10.1. The van der Waals surface area contributed by atoms with Gasteiger partial charge in [-0.15, -0.1) is 0 Å². The zero-order valence-electron chi connectivity index (χ0n) is 17.5. The lowest BCUT2D eigenvalue weighted by atomic mass is 10.1. The van der Waals surface area contributed by atoms with E-state index in [2.05, 4.69) is 5.32 Å². The normalized spacial score (nSPS) is 10.9. The average molecular weight is 439 g/mol. The molecule has 3 aromatic carbocycles. The van der Waals surface area contributed by atoms with Crippen molar-refractivity contribution in [2.24, 2.45) is 0 Å². The summed E-state index contributed by atoms with van der Waals surface area (Å²) < 4.78 is 16.7. The summed E-state index contributed by atoms with van der Waals surface area (Å²) in [5.74, 6) is -0.862. The SMILES string of the molecule is Cc1cc(=O)oc2c1cc(NC(=O)c1ccccc1)c1occ(OC(=O)c3ccccc3)c12. The highest BCUT2D eigenvalue weighted by molar-refractivity contribution is 6.16. The van der Waals surface area contributed by atoms with Gasteiger partial charge in [0, 0.05) is 17.0 Å². The smallest absolute Gasteiger partial charge is 0.343 e. The van der Waals surface area contributed by atoms with Gasteiger partial charge in [0.05, 0.1) is 11.3 Å². The standard InChI is InChI=1S/C26H17NO6/c1-15-12-21(28)33-23-18(15)13-19(27-25(29)16-8-4-2-5-9-16)24-22(23)20(14-31-24)32-26(30)17-10-6-3-7-11-17/h2-14H,1H3,(H,27,29). The highest BCUT2D eigenvalue weighted by Crippen LogP contribution is 2.40. The summed E-state index contributed by atoms with van der Waals surface area (Å²) in [6.45, 7) is 1.75. The van der Waals surface area contributed by atoms with Crippen LogP contribution in [0.2, 0.25) is 0 Å². The van der Waals surface area contributed by atoms with Crippen LogP contribution in [0.1, 0.15) is 26.3 Å². The second-order valence-corrected chi connectivity index (χ2v) is 7.43. The monoisotopic (exact) mass is 439 g/mol. The molecule has 162 valence electrons. The van der Waals surface area contributed by atoms with Gasteiger partial charge >= 0.3 is 11.6 Å². The molecule has 0 aliphatic heterocycles. The van der Waals surface area contributed by atoms with Crippen molar-refractivity contribution in [2.45, 2.75) is 6.92 Å². The zero-order valence-corrected chi connectivity index (χ0v) is 17.5. The van der Waals surface area contributed by atoms with Gasteiger partial charge in [0.25, 0.3) is 5.91 Å². The van der Waals surface area contributed by atoms with Crippen molar-refractivity contribution < 1.29 is 23.2 Å². The third-order valence-corrected chi connectivity index (χ3v) is 5.22. The molecule has 0 fully saturated rings. The summed E-state index contributed by atoms with van der Waals surface area (Å²) in [6, 6.07) is 20.2. The van der Waals surface area contributed by atoms with E-state index >= 15 is 0 Å². The van der Waals surface area contributed by atoms with E-state index in [-0.39, 0.29) is 28.2 Å². The molecule has 2 heterocycles. The van der Waals surface area contributed by atoms with E-state index in [0.29, 0.717) is 27.8 Å². The maximum Gasteiger partial charge on any atom is 0.343 e. The number of rotatable bonds is 4. The van der Waals surface area contributed by atoms with Crippen LogP contribution < -0.4 is 15.7 Å². The van der Waals surface area contributed by atoms with Crippen molar-refractivity contribution in [3.8, 4) is 5.75 Å². The summed E-state index contributed by atoms with van der Waals surface area (Å²) in [5.41, 5.74) is 1.68. The van der Waals surface area contributed by atoms with Gasteiger partial charge in [0.15, 0.2) is 16.9 Å². The minimum atomic E-state index is -0.597. The lowest BCUT2D eigenvalue weighted by molar-refractivity contribution is 0.0735. The summed E-state index contributed by atoms with van der Waals surface area (Å²) in [7, 11) is 0. The number of furan rings is 1. The number of amides is 1. The number of esters is 1. The highest BCUT2D eigenvalue weighted by atomic mass is 16.5. The van der Waals surface area contributed by atoms with E-state index in [0.717, 1.165) is 0 Å². The van der Waals surface area contributed by atoms with Gasteiger partial charge in [-0.2, -0.15) is 0 Å². The van der Waals surface area contributed by atoms with E-state index in [9.17, 15) is 14.4 Å². The molecule has 1 N–H and O–H groups in total. The number of carbonyl (C=O) groups is 2. The second-order valence-electron chi connectivity index (χ2n) is 7.43. The van der Waals surface area contributed by atoms with Gasteiger partial charge in [0.1, 0.15) is 11.6 Å². The first kappa shape index (κ1) is 20.3. The maximum absolute atomic E-state index is 12.8. The summed E-state index contributed by atoms with van der Waals surface area (Å²) >= 11 is 0. The fraction of sp³-hybridized carbons (Fsp3) is 0.0385. The summed E-state index contributed by atoms with van der Waals surface area (Å²) in [5, 5.41) is 3.69. The molecule has 0 aliphatic rings. The van der Waals surface area contributed by atoms with Crippen LogP contribution in [0.4, 0.5) is 5.69 Å². The molecular weight excluding hydrogens is 422 g/mol. The Morgan fingerprint density at radius 1 is 0.879 bits per heavy atom. The second kappa shape index (κ2) is 8.12. The zero-order chi connectivity index (χ0) is 22.9. The molecule has 5 rings (SSSR count). The van der Waals surface area contributed by atoms with E-state index < -0.39 is 11.6 Å². The lowest BCUT2D eigenvalue weighted by Gasteiger charge is -2.10. The fourth-order valence-electron chi connectivity index (χ4n) is 3.63. The molecule has 33 heavy (non-hydrogen) atoms. The molecule has 0 saturated heterocycles. The van der Waals surface area contributed by atoms with Crippen molar-refractivity contribution >= 4 is 39.5 Å². The Bertz CT molecular complexity index is 1570. The van der Waals surface area contributed by atoms with Crippen LogP contribution in [0.3, 0.4) is 0 Å². The van der Waals surface area contributed by atoms with E-state index in [1.807, 2.05) is 6.07 Å². The molecule has 0 bridgehead atoms. The first-order chi connectivity index (χ1) is 16.0. The Kier molecular flexibility index (Phi) is 4.99. The number of aryl methyl sites for hydroxylation is 1. The molecule has 0 aliphatic carbocycles. The van der Waals surface area contributed by atoms with Crippen LogP contribution in [0.5, 0.6) is 5.75 Å². The highest BCUT2D eigenvalue weighted by Gasteiger charge is 2.22. The number of nitrogens with one attached hydrogen (secondary N) is 1. The minimum Gasteiger partial charge on any atom is -0.458 e. The van der Waals surface area contributed by atoms with Crippen LogP contribution in [-0.4, -0.2) is 11.9 Å². The van der Waals surface area contributed by atoms with E-state index in [1.54, 1.807) is 67.6 Å². The van der Waals surface area contributed by atoms with Crippen molar-refractivity contribution in [1.29, 1.82) is 0 Å². The quantitative estimate of drug-likeness (QED) is 0.301. The van der Waals surface area contributed by atoms with Gasteiger partial charge < -0.3 is 18.9 Å². The molecule has 5 aromatic rings. The average Bonchev–Trinajstić information content (AvgIpc) is 3.25. The Labute approximate surface area is 187 Å². The molecule has 2 aromatic heterocycles. The minimum absolute atomic E-state index is 0.0772. The number of anilines is 1. The number of benzene rings is 3. The van der Waals surface area contributed by atoms with Crippen LogP contribution >= 0.6 is 0 Å². The van der Waals surface area contributed by atoms with Gasteiger partial charge in [-0.25, -0.2) is 9.59 Å². The molecule has 1 amide bonds. The van der Waals surface area contributed by atoms with Crippen LogP contribution in [0.25, 0.3) is 21.9 Å². The molecule has 0 unspecified atom stereocenters. The lowest BCUT2D eigenvalue weighted by Crippen LogP contribution is -2.12. The fourth-order valence-corrected chi connectivity index (χ4v) is 3.63. The third kappa shape index (κ3) is 3.76. The molecule has 0 atom stereocenters. The van der Waals surface area contributed by atoms with Crippen molar-refractivity contribution in [2.75, 3.05) is 5.32 Å². The first-order valence-corrected chi connectivity index (χ1v) is 10.1. The molecule has 0 radical (unpaired) electrons. The van der Waals surface area contributed by atoms with Crippen LogP contribution in [0, 0.1) is 6.92 Å². The van der Waals surface area contributed by atoms with Gasteiger partial charge in [-0.1, -0.05) is 36.4 Å². The molecule has 0 saturated carbocycles. The number of fused-ring (bicyclic) bond motifs is 3. The van der Waals surface area contributed by atoms with E-state index in [1.165, 1.54) is 12.3 Å². The predicted octanol–water partition coefficient (Wildman–Crippen LogP) is 5.32. The Balaban J connectivity index is 1.66. The largest absolute Gasteiger partial charge is 0.458 e. The number of hydrogen-bond acceptors (Lipinski definition) is 6. The van der Waals surface area contributed by atoms with Crippen LogP contribution in [0.15, 0.2) is 92.7 Å². The van der Waals surface area contributed by atoms with Gasteiger partial charge in [-0.05, 0) is 42.8 Å². The van der Waals surface area contributed by atoms with Crippen molar-refractivity contribution in [1.82, 2.24) is 0 Å². The summed E-state index contributed by atoms with van der Waals surface area (Å²) in [6.07, 6.45) is 1.26.